The first-order chi connectivity index (χ1) is 5.15. The van der Waals surface area contributed by atoms with E-state index in [1.165, 1.54) is 11.3 Å². The Kier molecular flexibility index (Phi) is 2.09. The van der Waals surface area contributed by atoms with Gasteiger partial charge in [0.15, 0.2) is 5.13 Å². The quantitative estimate of drug-likeness (QED) is 0.379. The summed E-state index contributed by atoms with van der Waals surface area (Å²) >= 11 is 1.32. The van der Waals surface area contributed by atoms with Crippen LogP contribution in [0.2, 0.25) is 0 Å². The van der Waals surface area contributed by atoms with Gasteiger partial charge in [-0.25, -0.2) is 4.98 Å². The molecule has 0 saturated heterocycles. The van der Waals surface area contributed by atoms with Crippen LogP contribution in [0, 0.1) is 6.92 Å². The lowest BCUT2D eigenvalue weighted by Gasteiger charge is -1.90. The molecule has 0 aromatic carbocycles. The number of aromatic nitrogens is 1. The normalized spacial score (nSPS) is 12.0. The first-order valence-electron chi connectivity index (χ1n) is 3.07. The summed E-state index contributed by atoms with van der Waals surface area (Å²) in [5, 5.41) is 12.0. The van der Waals surface area contributed by atoms with Gasteiger partial charge >= 0.3 is 0 Å². The van der Waals surface area contributed by atoms with E-state index in [0.29, 0.717) is 10.8 Å². The van der Waals surface area contributed by atoms with Gasteiger partial charge in [0.05, 0.1) is 16.3 Å². The van der Waals surface area contributed by atoms with Crippen LogP contribution in [-0.4, -0.2) is 15.9 Å². The summed E-state index contributed by atoms with van der Waals surface area (Å²) < 4.78 is 0. The molecule has 0 aliphatic rings. The molecule has 1 heterocycles. The molecule has 60 valence electrons. The lowest BCUT2D eigenvalue weighted by Crippen LogP contribution is -1.92. The second-order valence-corrected chi connectivity index (χ2v) is 3.18. The van der Waals surface area contributed by atoms with Crippen LogP contribution in [0.15, 0.2) is 5.16 Å². The average molecular weight is 171 g/mol. The van der Waals surface area contributed by atoms with E-state index < -0.39 is 0 Å². The molecular weight excluding hydrogens is 162 g/mol. The third-order valence-corrected chi connectivity index (χ3v) is 2.39. The van der Waals surface area contributed by atoms with E-state index >= 15 is 0 Å². The highest BCUT2D eigenvalue weighted by Crippen LogP contribution is 2.19. The number of aryl methyl sites for hydroxylation is 1. The maximum absolute atomic E-state index is 8.45. The molecule has 0 unspecified atom stereocenters. The van der Waals surface area contributed by atoms with E-state index in [1.54, 1.807) is 6.92 Å². The van der Waals surface area contributed by atoms with E-state index in [-0.39, 0.29) is 0 Å². The van der Waals surface area contributed by atoms with Crippen molar-refractivity contribution in [2.24, 2.45) is 5.16 Å². The fourth-order valence-electron chi connectivity index (χ4n) is 0.798. The first kappa shape index (κ1) is 8.00. The van der Waals surface area contributed by atoms with Gasteiger partial charge in [0.2, 0.25) is 0 Å². The summed E-state index contributed by atoms with van der Waals surface area (Å²) in [6.07, 6.45) is 0. The fourth-order valence-corrected chi connectivity index (χ4v) is 1.57. The molecule has 1 aromatic rings. The van der Waals surface area contributed by atoms with Gasteiger partial charge in [0.1, 0.15) is 0 Å². The Morgan fingerprint density at radius 2 is 2.36 bits per heavy atom. The van der Waals surface area contributed by atoms with Crippen LogP contribution in [0.3, 0.4) is 0 Å². The van der Waals surface area contributed by atoms with E-state index in [9.17, 15) is 0 Å². The number of nitrogens with zero attached hydrogens (tertiary/aromatic N) is 2. The zero-order valence-corrected chi connectivity index (χ0v) is 7.14. The van der Waals surface area contributed by atoms with E-state index in [1.807, 2.05) is 6.92 Å². The number of nitrogen functional groups attached to an aromatic ring is 1. The Bertz CT molecular complexity index is 292. The third kappa shape index (κ3) is 1.48. The van der Waals surface area contributed by atoms with Crippen molar-refractivity contribution in [3.8, 4) is 0 Å². The molecule has 11 heavy (non-hydrogen) atoms. The number of hydrogen-bond donors (Lipinski definition) is 2. The van der Waals surface area contributed by atoms with Crippen molar-refractivity contribution >= 4 is 22.2 Å². The summed E-state index contributed by atoms with van der Waals surface area (Å²) in [6, 6.07) is 0. The van der Waals surface area contributed by atoms with Gasteiger partial charge in [-0.1, -0.05) is 16.5 Å². The van der Waals surface area contributed by atoms with Crippen molar-refractivity contribution in [1.82, 2.24) is 4.98 Å². The summed E-state index contributed by atoms with van der Waals surface area (Å²) in [5.74, 6) is 0. The number of thiazole rings is 1. The highest BCUT2D eigenvalue weighted by molar-refractivity contribution is 7.17. The minimum Gasteiger partial charge on any atom is -0.411 e. The van der Waals surface area contributed by atoms with Crippen LogP contribution >= 0.6 is 11.3 Å². The van der Waals surface area contributed by atoms with E-state index in [4.69, 9.17) is 10.9 Å². The molecule has 0 bridgehead atoms. The molecule has 0 atom stereocenters. The Labute approximate surface area is 68.4 Å². The molecule has 0 saturated carbocycles. The summed E-state index contributed by atoms with van der Waals surface area (Å²) in [4.78, 5) is 4.82. The SMILES string of the molecule is C/C(=N/O)c1sc(N)nc1C. The van der Waals surface area contributed by atoms with Crippen molar-refractivity contribution in [1.29, 1.82) is 0 Å². The first-order valence-corrected chi connectivity index (χ1v) is 3.88. The molecule has 1 aromatic heterocycles. The number of rotatable bonds is 1. The molecule has 4 nitrogen and oxygen atoms in total. The fraction of sp³-hybridized carbons (Fsp3) is 0.333. The smallest absolute Gasteiger partial charge is 0.180 e. The van der Waals surface area contributed by atoms with Crippen LogP contribution in [-0.2, 0) is 0 Å². The molecule has 0 spiro atoms. The number of hydrogen-bond acceptors (Lipinski definition) is 5. The van der Waals surface area contributed by atoms with Gasteiger partial charge < -0.3 is 10.9 Å². The summed E-state index contributed by atoms with van der Waals surface area (Å²) in [7, 11) is 0. The molecule has 0 radical (unpaired) electrons. The van der Waals surface area contributed by atoms with Crippen LogP contribution in [0.1, 0.15) is 17.5 Å². The number of nitrogens with two attached hydrogens (primary N) is 1. The largest absolute Gasteiger partial charge is 0.411 e. The minimum atomic E-state index is 0.500. The molecule has 0 aliphatic heterocycles. The number of oxime groups is 1. The van der Waals surface area contributed by atoms with Crippen molar-refractivity contribution in [2.75, 3.05) is 5.73 Å². The summed E-state index contributed by atoms with van der Waals surface area (Å²) in [6.45, 7) is 3.54. The second kappa shape index (κ2) is 2.87. The van der Waals surface area contributed by atoms with Gasteiger partial charge in [-0.3, -0.25) is 0 Å². The molecule has 1 rings (SSSR count). The summed E-state index contributed by atoms with van der Waals surface area (Å²) in [5.41, 5.74) is 6.80. The number of anilines is 1. The zero-order valence-electron chi connectivity index (χ0n) is 6.33. The topological polar surface area (TPSA) is 71.5 Å². The van der Waals surface area contributed by atoms with Gasteiger partial charge in [-0.2, -0.15) is 0 Å². The predicted molar refractivity (Wildman–Crippen MR) is 45.3 cm³/mol. The monoisotopic (exact) mass is 171 g/mol. The second-order valence-electron chi connectivity index (χ2n) is 2.15. The van der Waals surface area contributed by atoms with Crippen LogP contribution in [0.5, 0.6) is 0 Å². The lowest BCUT2D eigenvalue weighted by atomic mass is 10.3. The zero-order chi connectivity index (χ0) is 8.43. The lowest BCUT2D eigenvalue weighted by molar-refractivity contribution is 0.319. The van der Waals surface area contributed by atoms with Crippen molar-refractivity contribution < 1.29 is 5.21 Å². The van der Waals surface area contributed by atoms with E-state index in [2.05, 4.69) is 10.1 Å². The van der Waals surface area contributed by atoms with Gasteiger partial charge in [-0.05, 0) is 13.8 Å². The molecule has 0 aliphatic carbocycles. The third-order valence-electron chi connectivity index (χ3n) is 1.29. The van der Waals surface area contributed by atoms with Crippen LogP contribution in [0.4, 0.5) is 5.13 Å². The predicted octanol–water partition coefficient (Wildman–Crippen LogP) is 1.23. The molecule has 0 fully saturated rings. The van der Waals surface area contributed by atoms with Crippen molar-refractivity contribution in [3.63, 3.8) is 0 Å². The maximum Gasteiger partial charge on any atom is 0.180 e. The Morgan fingerprint density at radius 1 is 1.73 bits per heavy atom. The van der Waals surface area contributed by atoms with Crippen molar-refractivity contribution in [3.05, 3.63) is 10.6 Å². The van der Waals surface area contributed by atoms with Gasteiger partial charge in [0.25, 0.3) is 0 Å². The van der Waals surface area contributed by atoms with Gasteiger partial charge in [-0.15, -0.1) is 0 Å². The Balaban J connectivity index is 3.13. The Morgan fingerprint density at radius 3 is 2.73 bits per heavy atom. The highest BCUT2D eigenvalue weighted by atomic mass is 32.1. The maximum atomic E-state index is 8.45. The average Bonchev–Trinajstić information content (AvgIpc) is 2.28. The van der Waals surface area contributed by atoms with E-state index in [0.717, 1.165) is 10.6 Å². The van der Waals surface area contributed by atoms with Crippen LogP contribution in [0.25, 0.3) is 0 Å². The van der Waals surface area contributed by atoms with Crippen LogP contribution < -0.4 is 5.73 Å². The molecule has 5 heteroatoms. The minimum absolute atomic E-state index is 0.500. The molecular formula is C6H9N3OS. The standard InChI is InChI=1S/C6H9N3OS/c1-3-5(4(2)9-10)11-6(7)8-3/h10H,1-2H3,(H2,7,8)/b9-4-. The van der Waals surface area contributed by atoms with Crippen molar-refractivity contribution in [2.45, 2.75) is 13.8 Å². The van der Waals surface area contributed by atoms with Gasteiger partial charge in [0, 0.05) is 0 Å². The molecule has 0 amide bonds. The Hall–Kier alpha value is -1.10. The highest BCUT2D eigenvalue weighted by Gasteiger charge is 2.07. The molecule has 3 N–H and O–H groups in total.